The van der Waals surface area contributed by atoms with Crippen molar-refractivity contribution in [3.05, 3.63) is 52.8 Å². The molecule has 2 aromatic carbocycles. The highest BCUT2D eigenvalue weighted by Gasteiger charge is 2.30. The van der Waals surface area contributed by atoms with Crippen molar-refractivity contribution in [2.24, 2.45) is 12.0 Å². The molecule has 1 saturated heterocycles. The summed E-state index contributed by atoms with van der Waals surface area (Å²) in [6.07, 6.45) is 0.394. The predicted octanol–water partition coefficient (Wildman–Crippen LogP) is 3.03. The van der Waals surface area contributed by atoms with E-state index >= 15 is 0 Å². The van der Waals surface area contributed by atoms with Crippen molar-refractivity contribution in [2.45, 2.75) is 19.8 Å². The molecule has 0 saturated carbocycles. The summed E-state index contributed by atoms with van der Waals surface area (Å²) in [5.74, 6) is -0.166. The Morgan fingerprint density at radius 1 is 1.14 bits per heavy atom. The Bertz CT molecular complexity index is 1190. The third kappa shape index (κ3) is 3.58. The van der Waals surface area contributed by atoms with Gasteiger partial charge in [-0.2, -0.15) is 4.99 Å². The number of nitrogens with zero attached hydrogens (tertiary/aromatic N) is 3. The highest BCUT2D eigenvalue weighted by molar-refractivity contribution is 7.16. The molecule has 0 bridgehead atoms. The van der Waals surface area contributed by atoms with Gasteiger partial charge in [-0.3, -0.25) is 19.3 Å². The average Bonchev–Trinajstić information content (AvgIpc) is 3.20. The molecule has 8 heteroatoms. The number of rotatable bonds is 4. The Hall–Kier alpha value is -3.26. The van der Waals surface area contributed by atoms with Gasteiger partial charge in [0.2, 0.25) is 11.8 Å². The minimum atomic E-state index is -0.432. The molecule has 148 valence electrons. The summed E-state index contributed by atoms with van der Waals surface area (Å²) in [6, 6.07) is 12.2. The normalized spacial score (nSPS) is 14.8. The second-order valence-electron chi connectivity index (χ2n) is 6.60. The van der Waals surface area contributed by atoms with E-state index < -0.39 is 5.91 Å². The maximum atomic E-state index is 12.8. The number of fused-ring (bicyclic) bond motifs is 1. The van der Waals surface area contributed by atoms with Crippen LogP contribution < -0.4 is 14.4 Å². The van der Waals surface area contributed by atoms with Gasteiger partial charge in [0.05, 0.1) is 22.5 Å². The van der Waals surface area contributed by atoms with Crippen LogP contribution in [-0.2, 0) is 16.6 Å². The van der Waals surface area contributed by atoms with E-state index in [0.717, 1.165) is 20.9 Å². The van der Waals surface area contributed by atoms with Gasteiger partial charge in [-0.25, -0.2) is 0 Å². The number of hydrogen-bond donors (Lipinski definition) is 0. The van der Waals surface area contributed by atoms with Gasteiger partial charge < -0.3 is 9.30 Å². The summed E-state index contributed by atoms with van der Waals surface area (Å²) in [5.41, 5.74) is 1.68. The van der Waals surface area contributed by atoms with Crippen molar-refractivity contribution in [3.8, 4) is 5.75 Å². The fourth-order valence-electron chi connectivity index (χ4n) is 3.27. The van der Waals surface area contributed by atoms with Crippen molar-refractivity contribution < 1.29 is 19.1 Å². The number of thiazole rings is 1. The van der Waals surface area contributed by atoms with E-state index in [1.165, 1.54) is 17.4 Å². The van der Waals surface area contributed by atoms with E-state index in [9.17, 15) is 14.4 Å². The Balaban J connectivity index is 1.69. The van der Waals surface area contributed by atoms with E-state index in [2.05, 4.69) is 4.99 Å². The summed E-state index contributed by atoms with van der Waals surface area (Å²) in [4.78, 5) is 42.6. The van der Waals surface area contributed by atoms with E-state index in [1.807, 2.05) is 36.7 Å². The number of aryl methyl sites for hydroxylation is 1. The number of anilines is 1. The van der Waals surface area contributed by atoms with Gasteiger partial charge >= 0.3 is 0 Å². The number of carbonyl (C=O) groups is 3. The second kappa shape index (κ2) is 7.63. The second-order valence-corrected chi connectivity index (χ2v) is 7.61. The smallest absolute Gasteiger partial charge is 0.279 e. The third-order valence-electron chi connectivity index (χ3n) is 4.69. The molecule has 1 aliphatic heterocycles. The Kier molecular flexibility index (Phi) is 5.02. The average molecular weight is 409 g/mol. The molecule has 1 aliphatic rings. The maximum Gasteiger partial charge on any atom is 0.279 e. The van der Waals surface area contributed by atoms with Gasteiger partial charge in [-0.1, -0.05) is 17.4 Å². The quantitative estimate of drug-likeness (QED) is 0.621. The molecule has 0 radical (unpaired) electrons. The Labute approximate surface area is 170 Å². The first-order valence-electron chi connectivity index (χ1n) is 9.25. The topological polar surface area (TPSA) is 81.0 Å². The van der Waals surface area contributed by atoms with E-state index in [0.29, 0.717) is 22.7 Å². The summed E-state index contributed by atoms with van der Waals surface area (Å²) in [5, 5.41) is 0. The summed E-state index contributed by atoms with van der Waals surface area (Å²) in [6.45, 7) is 2.51. The molecule has 2 heterocycles. The van der Waals surface area contributed by atoms with Crippen LogP contribution in [-0.4, -0.2) is 28.9 Å². The van der Waals surface area contributed by atoms with Gasteiger partial charge in [0, 0.05) is 25.5 Å². The van der Waals surface area contributed by atoms with Gasteiger partial charge in [0.1, 0.15) is 5.75 Å². The van der Waals surface area contributed by atoms with Crippen LogP contribution in [0, 0.1) is 0 Å². The van der Waals surface area contributed by atoms with Crippen LogP contribution in [0.4, 0.5) is 5.69 Å². The van der Waals surface area contributed by atoms with Crippen LogP contribution >= 0.6 is 11.3 Å². The van der Waals surface area contributed by atoms with E-state index in [-0.39, 0.29) is 24.7 Å². The number of aromatic nitrogens is 1. The molecule has 1 fully saturated rings. The van der Waals surface area contributed by atoms with E-state index in [1.54, 1.807) is 18.2 Å². The fraction of sp³-hybridized carbons (Fsp3) is 0.238. The van der Waals surface area contributed by atoms with Crippen molar-refractivity contribution in [2.75, 3.05) is 11.5 Å². The van der Waals surface area contributed by atoms with Crippen LogP contribution in [0.25, 0.3) is 10.2 Å². The Morgan fingerprint density at radius 2 is 1.90 bits per heavy atom. The van der Waals surface area contributed by atoms with Crippen molar-refractivity contribution in [3.63, 3.8) is 0 Å². The predicted molar refractivity (Wildman–Crippen MR) is 110 cm³/mol. The van der Waals surface area contributed by atoms with Gasteiger partial charge in [0.15, 0.2) is 4.80 Å². The molecular weight excluding hydrogens is 390 g/mol. The number of carbonyl (C=O) groups excluding carboxylic acids is 3. The molecule has 1 aromatic heterocycles. The standard InChI is InChI=1S/C21H19N3O4S/c1-3-28-15-7-8-16-17(12-15)29-21(23(16)2)22-20(27)13-5-4-6-14(11-13)24-18(25)9-10-19(24)26/h4-8,11-12H,3,9-10H2,1-2H3. The highest BCUT2D eigenvalue weighted by atomic mass is 32.1. The Morgan fingerprint density at radius 3 is 2.62 bits per heavy atom. The highest BCUT2D eigenvalue weighted by Crippen LogP contribution is 2.25. The number of ether oxygens (including phenoxy) is 1. The van der Waals surface area contributed by atoms with Gasteiger partial charge in [-0.15, -0.1) is 0 Å². The van der Waals surface area contributed by atoms with Crippen molar-refractivity contribution in [1.29, 1.82) is 0 Å². The summed E-state index contributed by atoms with van der Waals surface area (Å²) < 4.78 is 8.35. The number of amides is 3. The lowest BCUT2D eigenvalue weighted by Crippen LogP contribution is -2.28. The number of hydrogen-bond acceptors (Lipinski definition) is 5. The molecule has 0 aliphatic carbocycles. The monoisotopic (exact) mass is 409 g/mol. The van der Waals surface area contributed by atoms with Gasteiger partial charge in [-0.05, 0) is 43.3 Å². The molecule has 29 heavy (non-hydrogen) atoms. The lowest BCUT2D eigenvalue weighted by atomic mass is 10.2. The summed E-state index contributed by atoms with van der Waals surface area (Å²) >= 11 is 1.39. The largest absolute Gasteiger partial charge is 0.494 e. The molecule has 3 aromatic rings. The lowest BCUT2D eigenvalue weighted by molar-refractivity contribution is -0.121. The van der Waals surface area contributed by atoms with Crippen LogP contribution in [0.5, 0.6) is 5.75 Å². The van der Waals surface area contributed by atoms with Crippen molar-refractivity contribution >= 4 is 45.0 Å². The first-order chi connectivity index (χ1) is 14.0. The molecule has 0 atom stereocenters. The molecule has 4 rings (SSSR count). The van der Waals surface area contributed by atoms with Crippen molar-refractivity contribution in [1.82, 2.24) is 4.57 Å². The first kappa shape index (κ1) is 19.1. The minimum absolute atomic E-state index is 0.197. The van der Waals surface area contributed by atoms with Gasteiger partial charge in [0.25, 0.3) is 5.91 Å². The minimum Gasteiger partial charge on any atom is -0.494 e. The molecule has 3 amide bonds. The molecule has 0 spiro atoms. The number of benzene rings is 2. The molecule has 7 nitrogen and oxygen atoms in total. The number of imide groups is 1. The zero-order chi connectivity index (χ0) is 20.5. The fourth-order valence-corrected chi connectivity index (χ4v) is 4.32. The lowest BCUT2D eigenvalue weighted by Gasteiger charge is -2.14. The van der Waals surface area contributed by atoms with Crippen LogP contribution in [0.3, 0.4) is 0 Å². The van der Waals surface area contributed by atoms with Crippen LogP contribution in [0.15, 0.2) is 47.5 Å². The third-order valence-corrected chi connectivity index (χ3v) is 5.79. The SMILES string of the molecule is CCOc1ccc2c(c1)sc(=NC(=O)c1cccc(N3C(=O)CCC3=O)c1)n2C. The molecular formula is C21H19N3O4S. The van der Waals surface area contributed by atoms with Crippen LogP contribution in [0.1, 0.15) is 30.1 Å². The summed E-state index contributed by atoms with van der Waals surface area (Å²) in [7, 11) is 1.85. The van der Waals surface area contributed by atoms with Crippen LogP contribution in [0.2, 0.25) is 0 Å². The molecule has 0 unspecified atom stereocenters. The zero-order valence-corrected chi connectivity index (χ0v) is 16.9. The molecule has 0 N–H and O–H groups in total. The first-order valence-corrected chi connectivity index (χ1v) is 10.1. The zero-order valence-electron chi connectivity index (χ0n) is 16.0. The maximum absolute atomic E-state index is 12.8. The van der Waals surface area contributed by atoms with E-state index in [4.69, 9.17) is 4.74 Å².